The normalized spacial score (nSPS) is 17.0. The van der Waals surface area contributed by atoms with Crippen molar-refractivity contribution in [3.63, 3.8) is 0 Å². The van der Waals surface area contributed by atoms with Crippen LogP contribution in [0.4, 0.5) is 0 Å². The molecule has 1 aliphatic carbocycles. The van der Waals surface area contributed by atoms with Crippen LogP contribution in [0.25, 0.3) is 11.0 Å². The lowest BCUT2D eigenvalue weighted by atomic mass is 9.92. The molecule has 0 saturated carbocycles. The number of fused-ring (bicyclic) bond motifs is 2. The Kier molecular flexibility index (Phi) is 3.18. The summed E-state index contributed by atoms with van der Waals surface area (Å²) in [6, 6.07) is 6.95. The maximum Gasteiger partial charge on any atom is 0.264 e. The highest BCUT2D eigenvalue weighted by atomic mass is 16.1. The predicted molar refractivity (Wildman–Crippen MR) is 84.2 cm³/mol. The van der Waals surface area contributed by atoms with Crippen molar-refractivity contribution in [2.45, 2.75) is 25.3 Å². The molecule has 0 bridgehead atoms. The van der Waals surface area contributed by atoms with Crippen molar-refractivity contribution in [3.8, 4) is 0 Å². The molecule has 0 radical (unpaired) electrons. The summed E-state index contributed by atoms with van der Waals surface area (Å²) < 4.78 is 0. The Labute approximate surface area is 131 Å². The average Bonchev–Trinajstić information content (AvgIpc) is 3.02. The third kappa shape index (κ3) is 2.61. The summed E-state index contributed by atoms with van der Waals surface area (Å²) in [5.41, 5.74) is 3.88. The average molecular weight is 309 g/mol. The SMILES string of the molecule is O=C(NC1CCc2n[nH]c(=O)cc2C1)c1ccc2nc[nH]c2c1. The highest BCUT2D eigenvalue weighted by Crippen LogP contribution is 2.18. The molecular weight excluding hydrogens is 294 g/mol. The van der Waals surface area contributed by atoms with E-state index in [-0.39, 0.29) is 17.5 Å². The summed E-state index contributed by atoms with van der Waals surface area (Å²) in [5, 5.41) is 9.55. The molecule has 23 heavy (non-hydrogen) atoms. The van der Waals surface area contributed by atoms with Gasteiger partial charge in [0.1, 0.15) is 0 Å². The number of carbonyl (C=O) groups excluding carboxylic acids is 1. The number of rotatable bonds is 2. The van der Waals surface area contributed by atoms with E-state index in [1.807, 2.05) is 6.07 Å². The van der Waals surface area contributed by atoms with Gasteiger partial charge in [0.2, 0.25) is 0 Å². The standard InChI is InChI=1S/C16H15N5O2/c22-15-7-10-5-11(2-4-12(10)20-21-15)19-16(23)9-1-3-13-14(6-9)18-8-17-13/h1,3,6-8,11H,2,4-5H2,(H,17,18)(H,19,23)(H,21,22). The van der Waals surface area contributed by atoms with Gasteiger partial charge in [-0.25, -0.2) is 10.1 Å². The van der Waals surface area contributed by atoms with Gasteiger partial charge in [-0.05, 0) is 43.0 Å². The van der Waals surface area contributed by atoms with Crippen molar-refractivity contribution in [3.05, 3.63) is 57.8 Å². The molecule has 0 spiro atoms. The van der Waals surface area contributed by atoms with Gasteiger partial charge in [0.15, 0.2) is 0 Å². The molecule has 2 aromatic heterocycles. The lowest BCUT2D eigenvalue weighted by Gasteiger charge is -2.24. The Morgan fingerprint density at radius 1 is 1.30 bits per heavy atom. The zero-order chi connectivity index (χ0) is 15.8. The van der Waals surface area contributed by atoms with Crippen LogP contribution < -0.4 is 10.9 Å². The fourth-order valence-electron chi connectivity index (χ4n) is 3.01. The van der Waals surface area contributed by atoms with Crippen LogP contribution >= 0.6 is 0 Å². The smallest absolute Gasteiger partial charge is 0.264 e. The first-order chi connectivity index (χ1) is 11.2. The van der Waals surface area contributed by atoms with Gasteiger partial charge in [0, 0.05) is 17.7 Å². The summed E-state index contributed by atoms with van der Waals surface area (Å²) in [6.07, 6.45) is 3.79. The second-order valence-electron chi connectivity index (χ2n) is 5.75. The van der Waals surface area contributed by atoms with E-state index in [0.717, 1.165) is 35.1 Å². The van der Waals surface area contributed by atoms with Crippen molar-refractivity contribution in [1.29, 1.82) is 0 Å². The molecule has 1 amide bonds. The molecule has 2 heterocycles. The van der Waals surface area contributed by atoms with Crippen LogP contribution in [-0.2, 0) is 12.8 Å². The van der Waals surface area contributed by atoms with E-state index >= 15 is 0 Å². The van der Waals surface area contributed by atoms with Gasteiger partial charge < -0.3 is 10.3 Å². The number of nitrogens with zero attached hydrogens (tertiary/aromatic N) is 2. The zero-order valence-electron chi connectivity index (χ0n) is 12.3. The van der Waals surface area contributed by atoms with Gasteiger partial charge in [-0.3, -0.25) is 9.59 Å². The van der Waals surface area contributed by atoms with Gasteiger partial charge in [-0.15, -0.1) is 0 Å². The lowest BCUT2D eigenvalue weighted by molar-refractivity contribution is 0.0933. The van der Waals surface area contributed by atoms with Gasteiger partial charge in [-0.1, -0.05) is 0 Å². The van der Waals surface area contributed by atoms with Crippen molar-refractivity contribution in [2.24, 2.45) is 0 Å². The van der Waals surface area contributed by atoms with Crippen molar-refractivity contribution >= 4 is 16.9 Å². The number of aromatic amines is 2. The number of aryl methyl sites for hydroxylation is 1. The fourth-order valence-corrected chi connectivity index (χ4v) is 3.01. The van der Waals surface area contributed by atoms with Crippen molar-refractivity contribution in [2.75, 3.05) is 0 Å². The second kappa shape index (κ2) is 5.35. The number of H-pyrrole nitrogens is 2. The lowest BCUT2D eigenvalue weighted by Crippen LogP contribution is -2.39. The van der Waals surface area contributed by atoms with Crippen molar-refractivity contribution in [1.82, 2.24) is 25.5 Å². The fraction of sp³-hybridized carbons (Fsp3) is 0.250. The van der Waals surface area contributed by atoms with Gasteiger partial charge in [-0.2, -0.15) is 5.10 Å². The highest BCUT2D eigenvalue weighted by Gasteiger charge is 2.22. The Hall–Kier alpha value is -2.96. The molecule has 1 unspecified atom stereocenters. The van der Waals surface area contributed by atoms with Gasteiger partial charge in [0.05, 0.1) is 23.1 Å². The number of amides is 1. The van der Waals surface area contributed by atoms with E-state index < -0.39 is 0 Å². The Morgan fingerprint density at radius 2 is 2.22 bits per heavy atom. The topological polar surface area (TPSA) is 104 Å². The van der Waals surface area contributed by atoms with Gasteiger partial charge in [0.25, 0.3) is 11.5 Å². The minimum atomic E-state index is -0.208. The van der Waals surface area contributed by atoms with E-state index in [2.05, 4.69) is 25.5 Å². The van der Waals surface area contributed by atoms with E-state index in [1.165, 1.54) is 0 Å². The Morgan fingerprint density at radius 3 is 3.13 bits per heavy atom. The second-order valence-corrected chi connectivity index (χ2v) is 5.75. The molecule has 1 atom stereocenters. The zero-order valence-corrected chi connectivity index (χ0v) is 12.3. The van der Waals surface area contributed by atoms with E-state index in [9.17, 15) is 9.59 Å². The maximum absolute atomic E-state index is 12.4. The minimum Gasteiger partial charge on any atom is -0.349 e. The summed E-state index contributed by atoms with van der Waals surface area (Å²) >= 11 is 0. The molecule has 7 heteroatoms. The van der Waals surface area contributed by atoms with E-state index in [1.54, 1.807) is 24.5 Å². The minimum absolute atomic E-state index is 0.0102. The number of hydrogen-bond acceptors (Lipinski definition) is 4. The molecule has 0 aliphatic heterocycles. The summed E-state index contributed by atoms with van der Waals surface area (Å²) in [4.78, 5) is 30.9. The van der Waals surface area contributed by atoms with Crippen LogP contribution in [-0.4, -0.2) is 32.1 Å². The summed E-state index contributed by atoms with van der Waals surface area (Å²) in [7, 11) is 0. The summed E-state index contributed by atoms with van der Waals surface area (Å²) in [6.45, 7) is 0. The molecule has 0 fully saturated rings. The van der Waals surface area contributed by atoms with Crippen LogP contribution in [0.2, 0.25) is 0 Å². The largest absolute Gasteiger partial charge is 0.349 e. The molecule has 1 aromatic carbocycles. The summed E-state index contributed by atoms with van der Waals surface area (Å²) in [5.74, 6) is -0.118. The molecule has 0 saturated heterocycles. The monoisotopic (exact) mass is 309 g/mol. The molecule has 1 aliphatic rings. The third-order valence-electron chi connectivity index (χ3n) is 4.19. The predicted octanol–water partition coefficient (Wildman–Crippen LogP) is 0.933. The highest BCUT2D eigenvalue weighted by molar-refractivity contribution is 5.97. The first kappa shape index (κ1) is 13.7. The first-order valence-electron chi connectivity index (χ1n) is 7.50. The third-order valence-corrected chi connectivity index (χ3v) is 4.19. The molecule has 7 nitrogen and oxygen atoms in total. The number of hydrogen-bond donors (Lipinski definition) is 3. The van der Waals surface area contributed by atoms with E-state index in [4.69, 9.17) is 0 Å². The first-order valence-corrected chi connectivity index (χ1v) is 7.50. The number of benzene rings is 1. The van der Waals surface area contributed by atoms with Crippen LogP contribution in [0, 0.1) is 0 Å². The molecule has 116 valence electrons. The number of imidazole rings is 1. The maximum atomic E-state index is 12.4. The molecular formula is C16H15N5O2. The quantitative estimate of drug-likeness (QED) is 0.655. The molecule has 3 aromatic rings. The molecule has 4 rings (SSSR count). The van der Waals surface area contributed by atoms with E-state index in [0.29, 0.717) is 12.0 Å². The Balaban J connectivity index is 1.51. The van der Waals surface area contributed by atoms with Crippen LogP contribution in [0.15, 0.2) is 35.4 Å². The van der Waals surface area contributed by atoms with Crippen LogP contribution in [0.5, 0.6) is 0 Å². The van der Waals surface area contributed by atoms with Gasteiger partial charge >= 0.3 is 0 Å². The number of carbonyl (C=O) groups is 1. The van der Waals surface area contributed by atoms with Crippen LogP contribution in [0.3, 0.4) is 0 Å². The number of nitrogens with one attached hydrogen (secondary N) is 3. The number of aromatic nitrogens is 4. The van der Waals surface area contributed by atoms with Crippen LogP contribution in [0.1, 0.15) is 28.0 Å². The Bertz CT molecular complexity index is 943. The van der Waals surface area contributed by atoms with Crippen molar-refractivity contribution < 1.29 is 4.79 Å². The molecule has 3 N–H and O–H groups in total.